The van der Waals surface area contributed by atoms with Crippen LogP contribution in [0.2, 0.25) is 0 Å². The van der Waals surface area contributed by atoms with Crippen molar-refractivity contribution in [1.29, 1.82) is 0 Å². The fraction of sp³-hybridized carbons (Fsp3) is 0.188. The van der Waals surface area contributed by atoms with Crippen LogP contribution >= 0.6 is 27.7 Å². The molecule has 0 fully saturated rings. The number of hydrogen-bond donors (Lipinski definition) is 0. The zero-order chi connectivity index (χ0) is 14.4. The van der Waals surface area contributed by atoms with Crippen LogP contribution in [0, 0.1) is 0 Å². The molecule has 0 aliphatic carbocycles. The van der Waals surface area contributed by atoms with E-state index < -0.39 is 0 Å². The Morgan fingerprint density at radius 3 is 2.45 bits per heavy atom. The summed E-state index contributed by atoms with van der Waals surface area (Å²) in [5.74, 6) is 1.43. The number of nitrogens with zero attached hydrogens (tertiary/aromatic N) is 1. The minimum absolute atomic E-state index is 0.119. The van der Waals surface area contributed by atoms with Crippen molar-refractivity contribution in [2.75, 3.05) is 17.7 Å². The van der Waals surface area contributed by atoms with Crippen molar-refractivity contribution in [3.8, 4) is 0 Å². The van der Waals surface area contributed by atoms with Gasteiger partial charge in [-0.15, -0.1) is 11.8 Å². The largest absolute Gasteiger partial charge is 0.315 e. The number of carbonyl (C=O) groups excluding carboxylic acids is 1. The fourth-order valence-electron chi connectivity index (χ4n) is 1.76. The molecule has 0 spiro atoms. The topological polar surface area (TPSA) is 20.3 Å². The Balaban J connectivity index is 1.85. The van der Waals surface area contributed by atoms with E-state index in [4.69, 9.17) is 0 Å². The van der Waals surface area contributed by atoms with E-state index in [1.54, 1.807) is 16.7 Å². The number of amides is 1. The Labute approximate surface area is 132 Å². The van der Waals surface area contributed by atoms with Gasteiger partial charge in [0.05, 0.1) is 5.75 Å². The number of halogens is 1. The summed E-state index contributed by atoms with van der Waals surface area (Å²) in [5, 5.41) is 0. The summed E-state index contributed by atoms with van der Waals surface area (Å²) in [7, 11) is 1.82. The third-order valence-corrected chi connectivity index (χ3v) is 4.70. The predicted molar refractivity (Wildman–Crippen MR) is 90.2 cm³/mol. The van der Waals surface area contributed by atoms with Crippen LogP contribution in [0.4, 0.5) is 5.69 Å². The van der Waals surface area contributed by atoms with Crippen molar-refractivity contribution >= 4 is 39.3 Å². The number of para-hydroxylation sites is 1. The van der Waals surface area contributed by atoms with Crippen molar-refractivity contribution in [3.05, 3.63) is 64.6 Å². The standard InChI is InChI=1S/C16H16BrNOS/c1-18(14-8-3-2-4-9-14)16(19)12-20-11-13-7-5-6-10-15(13)17/h2-10H,11-12H2,1H3. The van der Waals surface area contributed by atoms with E-state index in [2.05, 4.69) is 22.0 Å². The average Bonchev–Trinajstić information content (AvgIpc) is 2.49. The molecule has 0 unspecified atom stereocenters. The van der Waals surface area contributed by atoms with Crippen LogP contribution in [-0.2, 0) is 10.5 Å². The smallest absolute Gasteiger partial charge is 0.236 e. The van der Waals surface area contributed by atoms with E-state index in [1.807, 2.05) is 55.6 Å². The van der Waals surface area contributed by atoms with Gasteiger partial charge in [-0.2, -0.15) is 0 Å². The third kappa shape index (κ3) is 4.12. The van der Waals surface area contributed by atoms with Crippen LogP contribution in [0.25, 0.3) is 0 Å². The first-order valence-corrected chi connectivity index (χ1v) is 8.26. The Kier molecular flexibility index (Phi) is 5.68. The van der Waals surface area contributed by atoms with E-state index in [1.165, 1.54) is 5.56 Å². The second-order valence-electron chi connectivity index (χ2n) is 4.37. The summed E-state index contributed by atoms with van der Waals surface area (Å²) >= 11 is 5.15. The van der Waals surface area contributed by atoms with Crippen molar-refractivity contribution in [2.24, 2.45) is 0 Å². The molecule has 0 aliphatic rings. The highest BCUT2D eigenvalue weighted by Crippen LogP contribution is 2.22. The first kappa shape index (κ1) is 15.1. The molecule has 0 radical (unpaired) electrons. The number of thioether (sulfide) groups is 1. The molecule has 2 rings (SSSR count). The minimum Gasteiger partial charge on any atom is -0.315 e. The molecule has 2 aromatic rings. The van der Waals surface area contributed by atoms with Crippen LogP contribution in [0.3, 0.4) is 0 Å². The van der Waals surface area contributed by atoms with Crippen LogP contribution in [0.15, 0.2) is 59.1 Å². The Morgan fingerprint density at radius 2 is 1.75 bits per heavy atom. The Hall–Kier alpha value is -1.26. The molecule has 4 heteroatoms. The summed E-state index contributed by atoms with van der Waals surface area (Å²) in [6.07, 6.45) is 0. The van der Waals surface area contributed by atoms with Gasteiger partial charge in [0.2, 0.25) is 5.91 Å². The highest BCUT2D eigenvalue weighted by Gasteiger charge is 2.10. The lowest BCUT2D eigenvalue weighted by Gasteiger charge is -2.17. The van der Waals surface area contributed by atoms with Crippen LogP contribution in [-0.4, -0.2) is 18.7 Å². The third-order valence-electron chi connectivity index (χ3n) is 2.96. The maximum absolute atomic E-state index is 12.1. The van der Waals surface area contributed by atoms with Gasteiger partial charge in [-0.05, 0) is 23.8 Å². The van der Waals surface area contributed by atoms with Crippen molar-refractivity contribution in [3.63, 3.8) is 0 Å². The maximum Gasteiger partial charge on any atom is 0.236 e. The fourth-order valence-corrected chi connectivity index (χ4v) is 3.31. The monoisotopic (exact) mass is 349 g/mol. The summed E-state index contributed by atoms with van der Waals surface area (Å²) in [6.45, 7) is 0. The molecule has 2 nitrogen and oxygen atoms in total. The van der Waals surface area contributed by atoms with Gasteiger partial charge >= 0.3 is 0 Å². The molecule has 0 N–H and O–H groups in total. The molecule has 1 amide bonds. The molecule has 0 saturated heterocycles. The molecule has 20 heavy (non-hydrogen) atoms. The zero-order valence-corrected chi connectivity index (χ0v) is 13.7. The summed E-state index contributed by atoms with van der Waals surface area (Å²) in [6, 6.07) is 17.8. The lowest BCUT2D eigenvalue weighted by molar-refractivity contribution is -0.115. The molecule has 0 aromatic heterocycles. The predicted octanol–water partition coefficient (Wildman–Crippen LogP) is 4.35. The molecule has 104 valence electrons. The Bertz CT molecular complexity index is 574. The highest BCUT2D eigenvalue weighted by molar-refractivity contribution is 9.10. The van der Waals surface area contributed by atoms with Crippen LogP contribution in [0.1, 0.15) is 5.56 Å². The zero-order valence-electron chi connectivity index (χ0n) is 11.3. The Morgan fingerprint density at radius 1 is 1.10 bits per heavy atom. The average molecular weight is 350 g/mol. The van der Waals surface area contributed by atoms with Gasteiger partial charge in [0.1, 0.15) is 0 Å². The number of benzene rings is 2. The first-order chi connectivity index (χ1) is 9.68. The molecule has 0 bridgehead atoms. The van der Waals surface area contributed by atoms with Gasteiger partial charge in [-0.3, -0.25) is 4.79 Å². The highest BCUT2D eigenvalue weighted by atomic mass is 79.9. The van der Waals surface area contributed by atoms with E-state index in [9.17, 15) is 4.79 Å². The summed E-state index contributed by atoms with van der Waals surface area (Å²) < 4.78 is 1.09. The SMILES string of the molecule is CN(C(=O)CSCc1ccccc1Br)c1ccccc1. The molecule has 0 atom stereocenters. The van der Waals surface area contributed by atoms with E-state index in [-0.39, 0.29) is 5.91 Å². The molecule has 0 aliphatic heterocycles. The van der Waals surface area contributed by atoms with E-state index in [0.29, 0.717) is 5.75 Å². The van der Waals surface area contributed by atoms with Gasteiger partial charge in [-0.25, -0.2) is 0 Å². The molecule has 0 saturated carbocycles. The first-order valence-electron chi connectivity index (χ1n) is 6.31. The van der Waals surface area contributed by atoms with Crippen LogP contribution in [0.5, 0.6) is 0 Å². The molecule has 2 aromatic carbocycles. The van der Waals surface area contributed by atoms with Crippen molar-refractivity contribution in [1.82, 2.24) is 0 Å². The van der Waals surface area contributed by atoms with E-state index in [0.717, 1.165) is 15.9 Å². The maximum atomic E-state index is 12.1. The minimum atomic E-state index is 0.119. The van der Waals surface area contributed by atoms with Gasteiger partial charge in [0, 0.05) is 23.0 Å². The van der Waals surface area contributed by atoms with Gasteiger partial charge in [0.25, 0.3) is 0 Å². The number of hydrogen-bond acceptors (Lipinski definition) is 2. The van der Waals surface area contributed by atoms with Gasteiger partial charge in [0.15, 0.2) is 0 Å². The lowest BCUT2D eigenvalue weighted by atomic mass is 10.2. The second kappa shape index (κ2) is 7.50. The van der Waals surface area contributed by atoms with Crippen molar-refractivity contribution in [2.45, 2.75) is 5.75 Å². The van der Waals surface area contributed by atoms with Crippen molar-refractivity contribution < 1.29 is 4.79 Å². The van der Waals surface area contributed by atoms with E-state index >= 15 is 0 Å². The van der Waals surface area contributed by atoms with Gasteiger partial charge < -0.3 is 4.90 Å². The van der Waals surface area contributed by atoms with Gasteiger partial charge in [-0.1, -0.05) is 52.3 Å². The summed E-state index contributed by atoms with van der Waals surface area (Å²) in [4.78, 5) is 13.8. The number of anilines is 1. The number of carbonyl (C=O) groups is 1. The molecular formula is C16H16BrNOS. The molecular weight excluding hydrogens is 334 g/mol. The lowest BCUT2D eigenvalue weighted by Crippen LogP contribution is -2.27. The normalized spacial score (nSPS) is 10.3. The molecule has 0 heterocycles. The summed E-state index contributed by atoms with van der Waals surface area (Å²) in [5.41, 5.74) is 2.15. The van der Waals surface area contributed by atoms with Crippen LogP contribution < -0.4 is 4.90 Å². The number of rotatable bonds is 5. The second-order valence-corrected chi connectivity index (χ2v) is 6.21. The quantitative estimate of drug-likeness (QED) is 0.799.